The SMILES string of the molecule is CC1C=CC(N2CC(O)C2)=CN1. The van der Waals surface area contributed by atoms with Crippen molar-refractivity contribution in [3.05, 3.63) is 24.0 Å². The molecule has 66 valence electrons. The molecule has 0 aromatic rings. The lowest BCUT2D eigenvalue weighted by molar-refractivity contribution is 0.0266. The van der Waals surface area contributed by atoms with Crippen molar-refractivity contribution < 1.29 is 5.11 Å². The largest absolute Gasteiger partial charge is 0.389 e. The molecule has 2 aliphatic rings. The summed E-state index contributed by atoms with van der Waals surface area (Å²) in [6, 6.07) is 0.431. The maximum Gasteiger partial charge on any atom is 0.0889 e. The Balaban J connectivity index is 1.94. The van der Waals surface area contributed by atoms with E-state index in [9.17, 15) is 0 Å². The Morgan fingerprint density at radius 1 is 1.58 bits per heavy atom. The Hall–Kier alpha value is -0.960. The average Bonchev–Trinajstić information content (AvgIpc) is 2.01. The number of aliphatic hydroxyl groups excluding tert-OH is 1. The normalized spacial score (nSPS) is 29.3. The number of nitrogens with zero attached hydrogens (tertiary/aromatic N) is 1. The van der Waals surface area contributed by atoms with E-state index in [1.807, 2.05) is 6.20 Å². The van der Waals surface area contributed by atoms with Crippen molar-refractivity contribution in [1.29, 1.82) is 0 Å². The molecule has 0 aliphatic carbocycles. The zero-order chi connectivity index (χ0) is 8.55. The molecule has 2 N–H and O–H groups in total. The van der Waals surface area contributed by atoms with Crippen molar-refractivity contribution in [2.45, 2.75) is 19.1 Å². The molecule has 0 saturated carbocycles. The minimum atomic E-state index is -0.126. The van der Waals surface area contributed by atoms with Crippen LogP contribution in [0.15, 0.2) is 24.0 Å². The van der Waals surface area contributed by atoms with Gasteiger partial charge in [0.25, 0.3) is 0 Å². The lowest BCUT2D eigenvalue weighted by Crippen LogP contribution is -2.50. The van der Waals surface area contributed by atoms with Crippen molar-refractivity contribution in [3.8, 4) is 0 Å². The lowest BCUT2D eigenvalue weighted by atomic mass is 10.1. The van der Waals surface area contributed by atoms with Gasteiger partial charge in [-0.3, -0.25) is 0 Å². The van der Waals surface area contributed by atoms with Crippen LogP contribution in [-0.4, -0.2) is 35.2 Å². The van der Waals surface area contributed by atoms with E-state index in [2.05, 4.69) is 29.3 Å². The number of likely N-dealkylation sites (tertiary alicyclic amines) is 1. The predicted octanol–water partition coefficient (Wildman–Crippen LogP) is 0.0522. The van der Waals surface area contributed by atoms with Crippen LogP contribution in [0.1, 0.15) is 6.92 Å². The molecule has 1 atom stereocenters. The highest BCUT2D eigenvalue weighted by Gasteiger charge is 2.25. The number of β-amino-alcohol motifs (C(OH)–C–C–N with tert-alkyl or cyclic N) is 1. The van der Waals surface area contributed by atoms with Gasteiger partial charge in [-0.2, -0.15) is 0 Å². The van der Waals surface area contributed by atoms with E-state index in [-0.39, 0.29) is 6.10 Å². The number of hydrogen-bond acceptors (Lipinski definition) is 3. The fraction of sp³-hybridized carbons (Fsp3) is 0.556. The van der Waals surface area contributed by atoms with Gasteiger partial charge in [0.2, 0.25) is 0 Å². The molecule has 0 aromatic carbocycles. The van der Waals surface area contributed by atoms with E-state index < -0.39 is 0 Å². The van der Waals surface area contributed by atoms with Crippen molar-refractivity contribution in [2.75, 3.05) is 13.1 Å². The molecule has 1 saturated heterocycles. The molecule has 2 rings (SSSR count). The van der Waals surface area contributed by atoms with E-state index in [4.69, 9.17) is 5.11 Å². The predicted molar refractivity (Wildman–Crippen MR) is 47.4 cm³/mol. The topological polar surface area (TPSA) is 35.5 Å². The monoisotopic (exact) mass is 166 g/mol. The molecule has 0 bridgehead atoms. The second kappa shape index (κ2) is 2.83. The molecule has 3 heteroatoms. The second-order valence-electron chi connectivity index (χ2n) is 3.44. The van der Waals surface area contributed by atoms with Crippen molar-refractivity contribution in [1.82, 2.24) is 10.2 Å². The van der Waals surface area contributed by atoms with Gasteiger partial charge in [0.05, 0.1) is 11.8 Å². The molecule has 0 spiro atoms. The van der Waals surface area contributed by atoms with Crippen LogP contribution in [0.2, 0.25) is 0 Å². The van der Waals surface area contributed by atoms with Crippen LogP contribution in [0.4, 0.5) is 0 Å². The van der Waals surface area contributed by atoms with Crippen molar-refractivity contribution in [2.24, 2.45) is 0 Å². The first-order valence-corrected chi connectivity index (χ1v) is 4.33. The van der Waals surface area contributed by atoms with Gasteiger partial charge < -0.3 is 15.3 Å². The highest BCUT2D eigenvalue weighted by molar-refractivity contribution is 5.24. The van der Waals surface area contributed by atoms with Crippen LogP contribution < -0.4 is 5.32 Å². The Morgan fingerprint density at radius 2 is 2.33 bits per heavy atom. The van der Waals surface area contributed by atoms with Crippen LogP contribution in [0.3, 0.4) is 0 Å². The van der Waals surface area contributed by atoms with Crippen LogP contribution in [-0.2, 0) is 0 Å². The van der Waals surface area contributed by atoms with Gasteiger partial charge in [0.1, 0.15) is 0 Å². The second-order valence-corrected chi connectivity index (χ2v) is 3.44. The summed E-state index contributed by atoms with van der Waals surface area (Å²) in [4.78, 5) is 2.15. The Kier molecular flexibility index (Phi) is 1.81. The molecule has 0 radical (unpaired) electrons. The van der Waals surface area contributed by atoms with Gasteiger partial charge in [-0.25, -0.2) is 0 Å². The molecule has 2 aliphatic heterocycles. The molecular formula is C9H14N2O. The molecule has 1 fully saturated rings. The van der Waals surface area contributed by atoms with Crippen LogP contribution in [0.5, 0.6) is 0 Å². The van der Waals surface area contributed by atoms with E-state index in [1.165, 1.54) is 5.70 Å². The summed E-state index contributed by atoms with van der Waals surface area (Å²) in [5.41, 5.74) is 1.18. The fourth-order valence-corrected chi connectivity index (χ4v) is 1.43. The van der Waals surface area contributed by atoms with Gasteiger partial charge in [-0.05, 0) is 13.0 Å². The molecule has 0 amide bonds. The van der Waals surface area contributed by atoms with Gasteiger partial charge in [-0.15, -0.1) is 0 Å². The fourth-order valence-electron chi connectivity index (χ4n) is 1.43. The standard InChI is InChI=1S/C9H14N2O/c1-7-2-3-8(4-10-7)11-5-9(12)6-11/h2-4,7,9-10,12H,5-6H2,1H3. The van der Waals surface area contributed by atoms with Crippen LogP contribution in [0.25, 0.3) is 0 Å². The Bertz CT molecular complexity index is 229. The van der Waals surface area contributed by atoms with Gasteiger partial charge in [-0.1, -0.05) is 6.08 Å². The smallest absolute Gasteiger partial charge is 0.0889 e. The summed E-state index contributed by atoms with van der Waals surface area (Å²) in [6.07, 6.45) is 6.11. The zero-order valence-corrected chi connectivity index (χ0v) is 7.20. The number of nitrogens with one attached hydrogen (secondary N) is 1. The maximum absolute atomic E-state index is 9.09. The Morgan fingerprint density at radius 3 is 2.83 bits per heavy atom. The molecule has 12 heavy (non-hydrogen) atoms. The lowest BCUT2D eigenvalue weighted by Gasteiger charge is -2.39. The summed E-state index contributed by atoms with van der Waals surface area (Å²) < 4.78 is 0. The first kappa shape index (κ1) is 7.68. The summed E-state index contributed by atoms with van der Waals surface area (Å²) in [6.45, 7) is 3.65. The van der Waals surface area contributed by atoms with Gasteiger partial charge in [0, 0.05) is 25.3 Å². The van der Waals surface area contributed by atoms with Gasteiger partial charge in [0.15, 0.2) is 0 Å². The maximum atomic E-state index is 9.09. The van der Waals surface area contributed by atoms with E-state index in [1.54, 1.807) is 0 Å². The minimum Gasteiger partial charge on any atom is -0.389 e. The van der Waals surface area contributed by atoms with E-state index >= 15 is 0 Å². The average molecular weight is 166 g/mol. The third kappa shape index (κ3) is 1.32. The summed E-state index contributed by atoms with van der Waals surface area (Å²) in [5.74, 6) is 0. The molecule has 0 aromatic heterocycles. The zero-order valence-electron chi connectivity index (χ0n) is 7.20. The number of dihydropyridines is 1. The van der Waals surface area contributed by atoms with E-state index in [0.29, 0.717) is 6.04 Å². The highest BCUT2D eigenvalue weighted by Crippen LogP contribution is 2.17. The Labute approximate surface area is 72.4 Å². The quantitative estimate of drug-likeness (QED) is 0.578. The first-order valence-electron chi connectivity index (χ1n) is 4.33. The minimum absolute atomic E-state index is 0.126. The van der Waals surface area contributed by atoms with Crippen LogP contribution in [0, 0.1) is 0 Å². The third-order valence-corrected chi connectivity index (χ3v) is 2.28. The first-order chi connectivity index (χ1) is 5.75. The molecule has 2 heterocycles. The van der Waals surface area contributed by atoms with Gasteiger partial charge >= 0.3 is 0 Å². The number of hydrogen-bond donors (Lipinski definition) is 2. The van der Waals surface area contributed by atoms with E-state index in [0.717, 1.165) is 13.1 Å². The summed E-state index contributed by atoms with van der Waals surface area (Å²) in [7, 11) is 0. The summed E-state index contributed by atoms with van der Waals surface area (Å²) >= 11 is 0. The number of rotatable bonds is 1. The molecular weight excluding hydrogens is 152 g/mol. The molecule has 3 nitrogen and oxygen atoms in total. The number of aliphatic hydroxyl groups is 1. The molecule has 1 unspecified atom stereocenters. The summed E-state index contributed by atoms with van der Waals surface area (Å²) in [5, 5.41) is 12.3. The number of allylic oxidation sites excluding steroid dienone is 1. The van der Waals surface area contributed by atoms with Crippen molar-refractivity contribution in [3.63, 3.8) is 0 Å². The highest BCUT2D eigenvalue weighted by atomic mass is 16.3. The van der Waals surface area contributed by atoms with Crippen molar-refractivity contribution >= 4 is 0 Å². The third-order valence-electron chi connectivity index (χ3n) is 2.28. The van der Waals surface area contributed by atoms with Crippen LogP contribution >= 0.6 is 0 Å².